The van der Waals surface area contributed by atoms with Crippen LogP contribution in [0.25, 0.3) is 0 Å². The van der Waals surface area contributed by atoms with Crippen LogP contribution < -0.4 is 10.6 Å². The van der Waals surface area contributed by atoms with Gasteiger partial charge in [-0.2, -0.15) is 0 Å². The number of nitrogens with one attached hydrogen (secondary N) is 2. The molecule has 0 saturated heterocycles. The second-order valence-corrected chi connectivity index (χ2v) is 3.94. The number of carbonyl (C=O) groups is 3. The summed E-state index contributed by atoms with van der Waals surface area (Å²) in [4.78, 5) is 33.4. The molecule has 0 aliphatic carbocycles. The number of aliphatic carboxylic acids is 1. The highest BCUT2D eigenvalue weighted by Gasteiger charge is 2.20. The first-order valence-corrected chi connectivity index (χ1v) is 5.91. The van der Waals surface area contributed by atoms with E-state index in [1.807, 2.05) is 0 Å². The van der Waals surface area contributed by atoms with Crippen LogP contribution in [0.3, 0.4) is 0 Å². The minimum Gasteiger partial charge on any atom is -0.481 e. The Morgan fingerprint density at radius 3 is 2.40 bits per heavy atom. The maximum atomic E-state index is 11.4. The summed E-state index contributed by atoms with van der Waals surface area (Å²) >= 11 is 0. The van der Waals surface area contributed by atoms with Crippen LogP contribution in [-0.4, -0.2) is 43.3 Å². The molecule has 20 heavy (non-hydrogen) atoms. The third-order valence-corrected chi connectivity index (χ3v) is 2.59. The molecular weight excluding hydrogens is 264 g/mol. The summed E-state index contributed by atoms with van der Waals surface area (Å²) in [6.07, 6.45) is 0. The highest BCUT2D eigenvalue weighted by Crippen LogP contribution is 2.14. The van der Waals surface area contributed by atoms with Gasteiger partial charge in [0.2, 0.25) is 0 Å². The van der Waals surface area contributed by atoms with Gasteiger partial charge in [0, 0.05) is 6.54 Å². The molecular formula is C13H16N2O5. The second kappa shape index (κ2) is 7.78. The highest BCUT2D eigenvalue weighted by molar-refractivity contribution is 5.82. The number of amides is 2. The predicted molar refractivity (Wildman–Crippen MR) is 70.2 cm³/mol. The molecule has 108 valence electrons. The lowest BCUT2D eigenvalue weighted by molar-refractivity contribution is -0.140. The molecule has 0 spiro atoms. The molecule has 7 heteroatoms. The van der Waals surface area contributed by atoms with Crippen LogP contribution in [0.1, 0.15) is 11.5 Å². The van der Waals surface area contributed by atoms with Gasteiger partial charge < -0.3 is 20.5 Å². The van der Waals surface area contributed by atoms with Crippen molar-refractivity contribution in [3.05, 3.63) is 35.9 Å². The van der Waals surface area contributed by atoms with Crippen LogP contribution in [0.2, 0.25) is 0 Å². The Morgan fingerprint density at radius 1 is 1.20 bits per heavy atom. The van der Waals surface area contributed by atoms with Gasteiger partial charge in [-0.15, -0.1) is 0 Å². The van der Waals surface area contributed by atoms with E-state index in [1.165, 1.54) is 7.11 Å². The van der Waals surface area contributed by atoms with Gasteiger partial charge in [0.1, 0.15) is 6.54 Å². The SMILES string of the molecule is COC(=O)CNC(=O)NCC(C(=O)O)c1ccccc1. The van der Waals surface area contributed by atoms with Gasteiger partial charge in [-0.1, -0.05) is 30.3 Å². The molecule has 1 atom stereocenters. The molecule has 1 unspecified atom stereocenters. The van der Waals surface area contributed by atoms with Gasteiger partial charge >= 0.3 is 18.0 Å². The number of esters is 1. The zero-order chi connectivity index (χ0) is 15.0. The average molecular weight is 280 g/mol. The number of hydrogen-bond acceptors (Lipinski definition) is 4. The topological polar surface area (TPSA) is 105 Å². The van der Waals surface area contributed by atoms with Gasteiger partial charge in [-0.25, -0.2) is 4.79 Å². The van der Waals surface area contributed by atoms with E-state index in [0.29, 0.717) is 5.56 Å². The molecule has 7 nitrogen and oxygen atoms in total. The third-order valence-electron chi connectivity index (χ3n) is 2.59. The van der Waals surface area contributed by atoms with Crippen LogP contribution in [0, 0.1) is 0 Å². The molecule has 0 aliphatic heterocycles. The van der Waals surface area contributed by atoms with Crippen molar-refractivity contribution in [2.45, 2.75) is 5.92 Å². The van der Waals surface area contributed by atoms with Gasteiger partial charge in [0.15, 0.2) is 0 Å². The molecule has 2 amide bonds. The summed E-state index contributed by atoms with van der Waals surface area (Å²) in [5.74, 6) is -2.47. The summed E-state index contributed by atoms with van der Waals surface area (Å²) in [5.41, 5.74) is 0.591. The first-order valence-electron chi connectivity index (χ1n) is 5.91. The molecule has 0 heterocycles. The van der Waals surface area contributed by atoms with Crippen molar-refractivity contribution in [2.75, 3.05) is 20.2 Å². The maximum Gasteiger partial charge on any atom is 0.325 e. The molecule has 0 aromatic heterocycles. The average Bonchev–Trinajstić information content (AvgIpc) is 2.45. The van der Waals surface area contributed by atoms with Crippen molar-refractivity contribution >= 4 is 18.0 Å². The van der Waals surface area contributed by atoms with E-state index in [-0.39, 0.29) is 13.1 Å². The van der Waals surface area contributed by atoms with Crippen LogP contribution in [-0.2, 0) is 14.3 Å². The summed E-state index contributed by atoms with van der Waals surface area (Å²) in [5, 5.41) is 13.8. The van der Waals surface area contributed by atoms with E-state index in [4.69, 9.17) is 5.11 Å². The van der Waals surface area contributed by atoms with Gasteiger partial charge in [-0.05, 0) is 5.56 Å². The summed E-state index contributed by atoms with van der Waals surface area (Å²) in [6.45, 7) is -0.349. The molecule has 0 saturated carbocycles. The number of ether oxygens (including phenoxy) is 1. The van der Waals surface area contributed by atoms with E-state index < -0.39 is 23.9 Å². The molecule has 1 rings (SSSR count). The van der Waals surface area contributed by atoms with E-state index in [9.17, 15) is 14.4 Å². The standard InChI is InChI=1S/C13H16N2O5/c1-20-11(16)8-15-13(19)14-7-10(12(17)18)9-5-3-2-4-6-9/h2-6,10H,7-8H2,1H3,(H,17,18)(H2,14,15,19). The van der Waals surface area contributed by atoms with Crippen molar-refractivity contribution in [3.63, 3.8) is 0 Å². The number of methoxy groups -OCH3 is 1. The molecule has 0 aliphatic rings. The quantitative estimate of drug-likeness (QED) is 0.651. The monoisotopic (exact) mass is 280 g/mol. The number of benzene rings is 1. The first-order chi connectivity index (χ1) is 9.54. The number of hydrogen-bond donors (Lipinski definition) is 3. The van der Waals surface area contributed by atoms with Gasteiger partial charge in [0.05, 0.1) is 13.0 Å². The van der Waals surface area contributed by atoms with E-state index >= 15 is 0 Å². The first kappa shape index (κ1) is 15.5. The molecule has 1 aromatic carbocycles. The van der Waals surface area contributed by atoms with Crippen molar-refractivity contribution in [3.8, 4) is 0 Å². The number of carboxylic acids is 1. The molecule has 0 fully saturated rings. The van der Waals surface area contributed by atoms with Crippen molar-refractivity contribution < 1.29 is 24.2 Å². The fraction of sp³-hybridized carbons (Fsp3) is 0.308. The van der Waals surface area contributed by atoms with Crippen molar-refractivity contribution in [1.29, 1.82) is 0 Å². The highest BCUT2D eigenvalue weighted by atomic mass is 16.5. The Labute approximate surface area is 115 Å². The number of carboxylic acid groups (broad SMARTS) is 1. The van der Waals surface area contributed by atoms with Crippen LogP contribution in [0.15, 0.2) is 30.3 Å². The van der Waals surface area contributed by atoms with Crippen LogP contribution in [0.5, 0.6) is 0 Å². The fourth-order valence-corrected chi connectivity index (χ4v) is 1.51. The lowest BCUT2D eigenvalue weighted by Gasteiger charge is -2.14. The van der Waals surface area contributed by atoms with E-state index in [0.717, 1.165) is 0 Å². The zero-order valence-corrected chi connectivity index (χ0v) is 11.0. The number of carbonyl (C=O) groups excluding carboxylic acids is 2. The maximum absolute atomic E-state index is 11.4. The minimum atomic E-state index is -1.04. The van der Waals surface area contributed by atoms with Crippen LogP contribution >= 0.6 is 0 Å². The second-order valence-electron chi connectivity index (χ2n) is 3.94. The zero-order valence-electron chi connectivity index (χ0n) is 11.0. The van der Waals surface area contributed by atoms with E-state index in [2.05, 4.69) is 15.4 Å². The van der Waals surface area contributed by atoms with Crippen molar-refractivity contribution in [2.24, 2.45) is 0 Å². The smallest absolute Gasteiger partial charge is 0.325 e. The van der Waals surface area contributed by atoms with Gasteiger partial charge in [-0.3, -0.25) is 9.59 Å². The summed E-state index contributed by atoms with van der Waals surface area (Å²) in [7, 11) is 1.21. The normalized spacial score (nSPS) is 11.2. The molecule has 1 aromatic rings. The largest absolute Gasteiger partial charge is 0.481 e. The van der Waals surface area contributed by atoms with E-state index in [1.54, 1.807) is 30.3 Å². The number of rotatable bonds is 6. The number of urea groups is 1. The lowest BCUT2D eigenvalue weighted by atomic mass is 9.99. The lowest BCUT2D eigenvalue weighted by Crippen LogP contribution is -2.41. The van der Waals surface area contributed by atoms with Crippen molar-refractivity contribution in [1.82, 2.24) is 10.6 Å². The fourth-order valence-electron chi connectivity index (χ4n) is 1.51. The van der Waals surface area contributed by atoms with Gasteiger partial charge in [0.25, 0.3) is 0 Å². The Kier molecular flexibility index (Phi) is 6.02. The van der Waals surface area contributed by atoms with Crippen LogP contribution in [0.4, 0.5) is 4.79 Å². The Hall–Kier alpha value is -2.57. The summed E-state index contributed by atoms with van der Waals surface area (Å²) in [6, 6.07) is 7.95. The molecule has 0 bridgehead atoms. The predicted octanol–water partition coefficient (Wildman–Crippen LogP) is 0.327. The molecule has 0 radical (unpaired) electrons. The minimum absolute atomic E-state index is 0.0770. The third kappa shape index (κ3) is 4.97. The Balaban J connectivity index is 2.50. The summed E-state index contributed by atoms with van der Waals surface area (Å²) < 4.78 is 4.36. The molecule has 3 N–H and O–H groups in total. The Bertz CT molecular complexity index is 475. The Morgan fingerprint density at radius 2 is 1.85 bits per heavy atom.